The van der Waals surface area contributed by atoms with Crippen LogP contribution in [0.4, 0.5) is 0 Å². The second kappa shape index (κ2) is 6.47. The Morgan fingerprint density at radius 3 is 2.90 bits per heavy atom. The fraction of sp³-hybridized carbons (Fsp3) is 0.400. The lowest BCUT2D eigenvalue weighted by molar-refractivity contribution is 0.533. The zero-order valence-corrected chi connectivity index (χ0v) is 14.2. The number of aliphatic imine (C=N–C) groups is 1. The quantitative estimate of drug-likeness (QED) is 0.827. The molecule has 1 aromatic carbocycles. The van der Waals surface area contributed by atoms with E-state index in [0.29, 0.717) is 0 Å². The van der Waals surface area contributed by atoms with Gasteiger partial charge in [-0.3, -0.25) is 4.99 Å². The predicted octanol–water partition coefficient (Wildman–Crippen LogP) is 2.79. The van der Waals surface area contributed by atoms with Crippen LogP contribution in [0.3, 0.4) is 0 Å². The number of hydrogen-bond donors (Lipinski definition) is 1. The Balaban J connectivity index is 0.00000147. The number of hydrogen-bond acceptors (Lipinski definition) is 4. The largest absolute Gasteiger partial charge is 0.461 e. The summed E-state index contributed by atoms with van der Waals surface area (Å²) in [5.41, 5.74) is 2.27. The second-order valence-corrected chi connectivity index (χ2v) is 4.94. The van der Waals surface area contributed by atoms with Crippen LogP contribution in [0, 0.1) is 6.92 Å². The molecule has 1 N–H and O–H groups in total. The number of halogens is 1. The molecule has 1 aliphatic rings. The molecule has 20 heavy (non-hydrogen) atoms. The third-order valence-corrected chi connectivity index (χ3v) is 3.62. The van der Waals surface area contributed by atoms with Gasteiger partial charge >= 0.3 is 0 Å². The minimum atomic E-state index is 0. The van der Waals surface area contributed by atoms with Crippen molar-refractivity contribution in [2.75, 3.05) is 26.7 Å². The molecule has 0 unspecified atom stereocenters. The molecule has 0 radical (unpaired) electrons. The first-order valence-corrected chi connectivity index (χ1v) is 6.72. The van der Waals surface area contributed by atoms with E-state index >= 15 is 0 Å². The van der Waals surface area contributed by atoms with Crippen molar-refractivity contribution >= 4 is 40.9 Å². The molecule has 0 aliphatic carbocycles. The number of guanidine groups is 1. The van der Waals surface area contributed by atoms with E-state index in [-0.39, 0.29) is 24.0 Å². The van der Waals surface area contributed by atoms with E-state index in [9.17, 15) is 0 Å². The number of para-hydroxylation sites is 1. The molecule has 1 aliphatic heterocycles. The van der Waals surface area contributed by atoms with Gasteiger partial charge in [-0.2, -0.15) is 0 Å². The number of likely N-dealkylation sites (N-methyl/N-ethyl adjacent to an activating group) is 1. The highest BCUT2D eigenvalue weighted by Gasteiger charge is 2.13. The van der Waals surface area contributed by atoms with Gasteiger partial charge in [0.1, 0.15) is 11.3 Å². The van der Waals surface area contributed by atoms with Crippen LogP contribution in [0.25, 0.3) is 11.0 Å². The average molecular weight is 385 g/mol. The van der Waals surface area contributed by atoms with Gasteiger partial charge in [-0.25, -0.2) is 0 Å². The van der Waals surface area contributed by atoms with E-state index < -0.39 is 0 Å². The molecular weight excluding hydrogens is 365 g/mol. The standard InChI is InChI=1S/C15H19N3O.HI/c1-11-12(13-5-3-4-6-14(13)19-11)7-8-16-15-17-9-10-18(15)2;/h3-6H,7-10H2,1-2H3,(H,16,17);1H. The third-order valence-electron chi connectivity index (χ3n) is 3.62. The number of rotatable bonds is 3. The van der Waals surface area contributed by atoms with Crippen molar-refractivity contribution in [2.24, 2.45) is 4.99 Å². The SMILES string of the molecule is Cc1oc2ccccc2c1CCNC1=NCCN1C.I. The van der Waals surface area contributed by atoms with E-state index in [0.717, 1.165) is 43.4 Å². The maximum absolute atomic E-state index is 5.77. The summed E-state index contributed by atoms with van der Waals surface area (Å²) in [6.07, 6.45) is 0.954. The van der Waals surface area contributed by atoms with Gasteiger partial charge < -0.3 is 14.6 Å². The minimum absolute atomic E-state index is 0. The van der Waals surface area contributed by atoms with Crippen LogP contribution in [0.2, 0.25) is 0 Å². The topological polar surface area (TPSA) is 40.8 Å². The molecule has 0 atom stereocenters. The van der Waals surface area contributed by atoms with Gasteiger partial charge in [-0.15, -0.1) is 24.0 Å². The summed E-state index contributed by atoms with van der Waals surface area (Å²) in [7, 11) is 2.07. The summed E-state index contributed by atoms with van der Waals surface area (Å²) in [5, 5.41) is 4.62. The lowest BCUT2D eigenvalue weighted by atomic mass is 10.1. The number of furan rings is 1. The molecule has 0 amide bonds. The average Bonchev–Trinajstić information content (AvgIpc) is 2.94. The zero-order chi connectivity index (χ0) is 13.2. The monoisotopic (exact) mass is 385 g/mol. The molecule has 1 aromatic heterocycles. The Labute approximate surface area is 136 Å². The van der Waals surface area contributed by atoms with E-state index in [1.165, 1.54) is 10.9 Å². The lowest BCUT2D eigenvalue weighted by Gasteiger charge is -2.14. The van der Waals surface area contributed by atoms with Crippen molar-refractivity contribution in [3.8, 4) is 0 Å². The molecule has 108 valence electrons. The molecule has 0 fully saturated rings. The Kier molecular flexibility index (Phi) is 4.91. The summed E-state index contributed by atoms with van der Waals surface area (Å²) < 4.78 is 5.77. The van der Waals surface area contributed by atoms with Crippen LogP contribution < -0.4 is 5.32 Å². The van der Waals surface area contributed by atoms with Crippen LogP contribution in [0.5, 0.6) is 0 Å². The van der Waals surface area contributed by atoms with Crippen molar-refractivity contribution in [2.45, 2.75) is 13.3 Å². The van der Waals surface area contributed by atoms with E-state index in [1.54, 1.807) is 0 Å². The number of aryl methyl sites for hydroxylation is 1. The number of benzene rings is 1. The number of nitrogens with zero attached hydrogens (tertiary/aromatic N) is 2. The fourth-order valence-electron chi connectivity index (χ4n) is 2.55. The lowest BCUT2D eigenvalue weighted by Crippen LogP contribution is -2.36. The van der Waals surface area contributed by atoms with Gasteiger partial charge in [-0.05, 0) is 19.4 Å². The van der Waals surface area contributed by atoms with E-state index in [2.05, 4.69) is 34.4 Å². The second-order valence-electron chi connectivity index (χ2n) is 4.94. The molecule has 3 rings (SSSR count). The molecule has 2 heterocycles. The summed E-state index contributed by atoms with van der Waals surface area (Å²) in [5.74, 6) is 2.02. The van der Waals surface area contributed by atoms with E-state index in [1.807, 2.05) is 19.1 Å². The Morgan fingerprint density at radius 2 is 2.15 bits per heavy atom. The fourth-order valence-corrected chi connectivity index (χ4v) is 2.55. The normalized spacial score (nSPS) is 14.3. The molecule has 2 aromatic rings. The van der Waals surface area contributed by atoms with Gasteiger partial charge in [0.25, 0.3) is 0 Å². The molecule has 4 nitrogen and oxygen atoms in total. The first-order chi connectivity index (χ1) is 9.25. The molecule has 0 spiro atoms. The van der Waals surface area contributed by atoms with E-state index in [4.69, 9.17) is 4.42 Å². The van der Waals surface area contributed by atoms with Crippen molar-refractivity contribution in [1.82, 2.24) is 10.2 Å². The molecular formula is C15H20IN3O. The molecule has 0 saturated carbocycles. The highest BCUT2D eigenvalue weighted by atomic mass is 127. The Morgan fingerprint density at radius 1 is 1.35 bits per heavy atom. The van der Waals surface area contributed by atoms with Crippen LogP contribution in [0.1, 0.15) is 11.3 Å². The van der Waals surface area contributed by atoms with Gasteiger partial charge in [0.05, 0.1) is 6.54 Å². The smallest absolute Gasteiger partial charge is 0.193 e. The van der Waals surface area contributed by atoms with Gasteiger partial charge in [0.15, 0.2) is 5.96 Å². The predicted molar refractivity (Wildman–Crippen MR) is 93.0 cm³/mol. The Hall–Kier alpha value is -1.24. The molecule has 0 bridgehead atoms. The number of nitrogens with one attached hydrogen (secondary N) is 1. The summed E-state index contributed by atoms with van der Waals surface area (Å²) in [4.78, 5) is 6.58. The maximum Gasteiger partial charge on any atom is 0.193 e. The summed E-state index contributed by atoms with van der Waals surface area (Å²) >= 11 is 0. The first kappa shape index (κ1) is 15.2. The summed E-state index contributed by atoms with van der Waals surface area (Å²) in [6.45, 7) is 4.82. The van der Waals surface area contributed by atoms with Crippen molar-refractivity contribution in [3.63, 3.8) is 0 Å². The maximum atomic E-state index is 5.77. The van der Waals surface area contributed by atoms with Crippen molar-refractivity contribution in [3.05, 3.63) is 35.6 Å². The van der Waals surface area contributed by atoms with Crippen LogP contribution in [-0.2, 0) is 6.42 Å². The van der Waals surface area contributed by atoms with Crippen molar-refractivity contribution in [1.29, 1.82) is 0 Å². The molecule has 5 heteroatoms. The van der Waals surface area contributed by atoms with Crippen LogP contribution >= 0.6 is 24.0 Å². The van der Waals surface area contributed by atoms with Gasteiger partial charge in [0, 0.05) is 31.1 Å². The van der Waals surface area contributed by atoms with Gasteiger partial charge in [-0.1, -0.05) is 18.2 Å². The minimum Gasteiger partial charge on any atom is -0.461 e. The number of fused-ring (bicyclic) bond motifs is 1. The van der Waals surface area contributed by atoms with Crippen LogP contribution in [-0.4, -0.2) is 37.5 Å². The highest BCUT2D eigenvalue weighted by Crippen LogP contribution is 2.25. The highest BCUT2D eigenvalue weighted by molar-refractivity contribution is 14.0. The van der Waals surface area contributed by atoms with Crippen LogP contribution in [0.15, 0.2) is 33.7 Å². The molecule has 0 saturated heterocycles. The van der Waals surface area contributed by atoms with Gasteiger partial charge in [0.2, 0.25) is 0 Å². The zero-order valence-electron chi connectivity index (χ0n) is 11.8. The third kappa shape index (κ3) is 2.92. The first-order valence-electron chi connectivity index (χ1n) is 6.72. The Bertz CT molecular complexity index is 621. The van der Waals surface area contributed by atoms with Crippen molar-refractivity contribution < 1.29 is 4.42 Å². The summed E-state index contributed by atoms with van der Waals surface area (Å²) in [6, 6.07) is 8.22.